The molecule has 0 aliphatic heterocycles. The van der Waals surface area contributed by atoms with Crippen molar-refractivity contribution in [3.63, 3.8) is 0 Å². The minimum absolute atomic E-state index is 0.263. The molecule has 16 heteroatoms. The van der Waals surface area contributed by atoms with Gasteiger partial charge in [-0.1, -0.05) is 0 Å². The number of benzene rings is 2. The molecule has 0 spiro atoms. The molecule has 2 aromatic carbocycles. The second-order valence-electron chi connectivity index (χ2n) is 8.70. The van der Waals surface area contributed by atoms with Gasteiger partial charge in [-0.05, 0) is 179 Å². The molecule has 0 bridgehead atoms. The molecule has 9 nitrogen and oxygen atoms in total. The van der Waals surface area contributed by atoms with Gasteiger partial charge in [-0.25, -0.2) is 0 Å². The summed E-state index contributed by atoms with van der Waals surface area (Å²) in [7, 11) is -4.28. The number of hydrogen-bond acceptors (Lipinski definition) is 6. The Kier molecular flexibility index (Phi) is 13.5. The van der Waals surface area contributed by atoms with Gasteiger partial charge in [0, 0.05) is 33.5 Å². The Bertz CT molecular complexity index is 1330. The lowest BCUT2D eigenvalue weighted by atomic mass is 9.82. The quantitative estimate of drug-likeness (QED) is 0.139. The van der Waals surface area contributed by atoms with E-state index in [1.807, 2.05) is 12.1 Å². The van der Waals surface area contributed by atoms with E-state index in [1.165, 1.54) is 0 Å². The molecular weight excluding hydrogens is 1210 g/mol. The summed E-state index contributed by atoms with van der Waals surface area (Å²) < 4.78 is 41.5. The molecule has 3 N–H and O–H groups in total. The van der Waals surface area contributed by atoms with Crippen molar-refractivity contribution in [3.05, 3.63) is 56.8 Å². The molecule has 2 unspecified atom stereocenters. The molecule has 0 heterocycles. The monoisotopic (exact) mass is 1230 g/mol. The lowest BCUT2D eigenvalue weighted by Gasteiger charge is -2.35. The Balaban J connectivity index is 1.81. The van der Waals surface area contributed by atoms with Gasteiger partial charge in [0.15, 0.2) is 0 Å². The smallest absolute Gasteiger partial charge is 0.309 e. The van der Waals surface area contributed by atoms with Gasteiger partial charge >= 0.3 is 5.97 Å². The highest BCUT2D eigenvalue weighted by atomic mass is 127. The third-order valence-electron chi connectivity index (χ3n) is 5.77. The molecule has 1 fully saturated rings. The average molecular weight is 1230 g/mol. The minimum Gasteiger partial charge on any atom is -0.464 e. The van der Waals surface area contributed by atoms with E-state index in [0.717, 1.165) is 21.4 Å². The molecule has 1 aliphatic carbocycles. The SMILES string of the molecule is O=C(NC1CC(NC(=O)c2cc(I)cc(I)c2I)CC(C(=O)OCCS(=O)(=O)O)C1)c1cc(I)cc(I)c1I. The predicted octanol–water partition coefficient (Wildman–Crippen LogP) is 5.44. The molecular formula is C23H20I6N2O7S. The fourth-order valence-corrected chi connectivity index (χ4v) is 9.18. The maximum absolute atomic E-state index is 13.2. The van der Waals surface area contributed by atoms with Crippen molar-refractivity contribution in [1.82, 2.24) is 10.6 Å². The maximum Gasteiger partial charge on any atom is 0.309 e. The fourth-order valence-electron chi connectivity index (χ4n) is 4.08. The van der Waals surface area contributed by atoms with Gasteiger partial charge in [0.1, 0.15) is 12.4 Å². The van der Waals surface area contributed by atoms with E-state index in [0.29, 0.717) is 17.5 Å². The summed E-state index contributed by atoms with van der Waals surface area (Å²) >= 11 is 12.9. The topological polar surface area (TPSA) is 139 Å². The first-order chi connectivity index (χ1) is 18.1. The lowest BCUT2D eigenvalue weighted by Crippen LogP contribution is -2.50. The van der Waals surface area contributed by atoms with Crippen molar-refractivity contribution in [2.24, 2.45) is 5.92 Å². The number of nitrogens with one attached hydrogen (secondary N) is 2. The first-order valence-electron chi connectivity index (χ1n) is 11.2. The van der Waals surface area contributed by atoms with Gasteiger partial charge in [0.2, 0.25) is 0 Å². The third kappa shape index (κ3) is 10.4. The number of carbonyl (C=O) groups is 3. The van der Waals surface area contributed by atoms with E-state index in [4.69, 9.17) is 9.29 Å². The van der Waals surface area contributed by atoms with Crippen LogP contribution in [-0.4, -0.2) is 55.2 Å². The lowest BCUT2D eigenvalue weighted by molar-refractivity contribution is -0.149. The second-order valence-corrected chi connectivity index (χ2v) is 17.2. The number of ether oxygens (including phenoxy) is 1. The molecule has 1 saturated carbocycles. The van der Waals surface area contributed by atoms with Gasteiger partial charge in [-0.15, -0.1) is 0 Å². The molecule has 1 aliphatic rings. The van der Waals surface area contributed by atoms with Gasteiger partial charge < -0.3 is 15.4 Å². The fraction of sp³-hybridized carbons (Fsp3) is 0.348. The van der Waals surface area contributed by atoms with E-state index in [9.17, 15) is 22.8 Å². The summed E-state index contributed by atoms with van der Waals surface area (Å²) in [6.45, 7) is -0.486. The zero-order valence-electron chi connectivity index (χ0n) is 19.6. The van der Waals surface area contributed by atoms with Crippen LogP contribution in [0.25, 0.3) is 0 Å². The number of rotatable bonds is 8. The number of esters is 1. The zero-order valence-corrected chi connectivity index (χ0v) is 33.4. The average Bonchev–Trinajstić information content (AvgIpc) is 2.82. The number of amides is 2. The molecule has 39 heavy (non-hydrogen) atoms. The first-order valence-corrected chi connectivity index (χ1v) is 19.3. The van der Waals surface area contributed by atoms with Crippen LogP contribution in [0.15, 0.2) is 24.3 Å². The zero-order chi connectivity index (χ0) is 29.1. The number of carbonyl (C=O) groups excluding carboxylic acids is 3. The van der Waals surface area contributed by atoms with Crippen LogP contribution in [0.4, 0.5) is 0 Å². The maximum atomic E-state index is 13.2. The number of hydrogen-bond donors (Lipinski definition) is 3. The van der Waals surface area contributed by atoms with Crippen LogP contribution >= 0.6 is 136 Å². The molecule has 3 rings (SSSR count). The second kappa shape index (κ2) is 15.2. The van der Waals surface area contributed by atoms with E-state index in [2.05, 4.69) is 146 Å². The summed E-state index contributed by atoms with van der Waals surface area (Å²) in [5.41, 5.74) is 1.04. The minimum atomic E-state index is -4.28. The molecule has 0 radical (unpaired) electrons. The molecule has 2 atom stereocenters. The highest BCUT2D eigenvalue weighted by Gasteiger charge is 2.36. The third-order valence-corrected chi connectivity index (χ3v) is 13.8. The van der Waals surface area contributed by atoms with Gasteiger partial charge in [-0.3, -0.25) is 18.9 Å². The normalized spacial score (nSPS) is 19.3. The van der Waals surface area contributed by atoms with Crippen molar-refractivity contribution in [1.29, 1.82) is 0 Å². The summed E-state index contributed by atoms with van der Waals surface area (Å²) in [5, 5.41) is 6.04. The predicted molar refractivity (Wildman–Crippen MR) is 196 cm³/mol. The van der Waals surface area contributed by atoms with E-state index < -0.39 is 46.4 Å². The Morgan fingerprint density at radius 1 is 0.795 bits per heavy atom. The Morgan fingerprint density at radius 3 is 1.64 bits per heavy atom. The van der Waals surface area contributed by atoms with Crippen LogP contribution in [0.5, 0.6) is 0 Å². The van der Waals surface area contributed by atoms with Crippen molar-refractivity contribution in [2.45, 2.75) is 31.3 Å². The van der Waals surface area contributed by atoms with Gasteiger partial charge in [0.05, 0.1) is 17.0 Å². The van der Waals surface area contributed by atoms with Crippen LogP contribution in [0.2, 0.25) is 0 Å². The van der Waals surface area contributed by atoms with Gasteiger partial charge in [-0.2, -0.15) is 8.42 Å². The van der Waals surface area contributed by atoms with E-state index >= 15 is 0 Å². The highest BCUT2D eigenvalue weighted by Crippen LogP contribution is 2.29. The Hall–Kier alpha value is 1.14. The van der Waals surface area contributed by atoms with Crippen molar-refractivity contribution in [2.75, 3.05) is 12.4 Å². The molecule has 2 aromatic rings. The Morgan fingerprint density at radius 2 is 1.23 bits per heavy atom. The largest absolute Gasteiger partial charge is 0.464 e. The van der Waals surface area contributed by atoms with Crippen molar-refractivity contribution in [3.8, 4) is 0 Å². The van der Waals surface area contributed by atoms with E-state index in [-0.39, 0.29) is 24.7 Å². The Labute approximate surface area is 307 Å². The number of halogens is 6. The summed E-state index contributed by atoms with van der Waals surface area (Å²) in [6, 6.07) is 6.64. The van der Waals surface area contributed by atoms with Crippen LogP contribution in [0.3, 0.4) is 0 Å². The summed E-state index contributed by atoms with van der Waals surface area (Å²) in [4.78, 5) is 39.3. The van der Waals surface area contributed by atoms with E-state index in [1.54, 1.807) is 12.1 Å². The molecule has 2 amide bonds. The van der Waals surface area contributed by atoms with Crippen molar-refractivity contribution >= 4 is 163 Å². The standard InChI is InChI=1S/C23H20I6N2O7S/c24-11-5-15(19(28)17(26)7-11)21(32)30-13-3-10(23(34)38-1-2-39(35,36)37)4-14(9-13)31-22(33)16-6-12(25)8-18(27)20(16)29/h5-8,10,13-14H,1-4,9H2,(H,30,32)(H,31,33)(H,35,36,37). The van der Waals surface area contributed by atoms with Gasteiger partial charge in [0.25, 0.3) is 21.9 Å². The molecule has 212 valence electrons. The van der Waals surface area contributed by atoms with Crippen LogP contribution in [-0.2, 0) is 19.6 Å². The molecule has 0 aromatic heterocycles. The molecule has 0 saturated heterocycles. The summed E-state index contributed by atoms with van der Waals surface area (Å²) in [5.74, 6) is -2.62. The first kappa shape index (κ1) is 34.6. The van der Waals surface area contributed by atoms with Crippen LogP contribution in [0, 0.1) is 27.3 Å². The summed E-state index contributed by atoms with van der Waals surface area (Å²) in [6.07, 6.45) is 0.930. The van der Waals surface area contributed by atoms with Crippen molar-refractivity contribution < 1.29 is 32.1 Å². The van der Waals surface area contributed by atoms with Crippen LogP contribution in [0.1, 0.15) is 40.0 Å². The highest BCUT2D eigenvalue weighted by molar-refractivity contribution is 14.1. The van der Waals surface area contributed by atoms with Crippen LogP contribution < -0.4 is 10.6 Å².